The van der Waals surface area contributed by atoms with Gasteiger partial charge < -0.3 is 10.1 Å². The minimum atomic E-state index is 0.205. The molecule has 1 heterocycles. The van der Waals surface area contributed by atoms with Gasteiger partial charge in [-0.2, -0.15) is 5.10 Å². The average Bonchev–Trinajstić information content (AvgIpc) is 2.93. The highest BCUT2D eigenvalue weighted by atomic mass is 16.5. The van der Waals surface area contributed by atoms with E-state index in [2.05, 4.69) is 29.2 Å². The molecule has 1 unspecified atom stereocenters. The van der Waals surface area contributed by atoms with Gasteiger partial charge in [-0.15, -0.1) is 0 Å². The summed E-state index contributed by atoms with van der Waals surface area (Å²) in [5.41, 5.74) is 0. The van der Waals surface area contributed by atoms with Crippen molar-refractivity contribution in [1.82, 2.24) is 20.1 Å². The van der Waals surface area contributed by atoms with E-state index in [1.807, 2.05) is 42.1 Å². The van der Waals surface area contributed by atoms with Crippen molar-refractivity contribution < 1.29 is 4.74 Å². The first-order chi connectivity index (χ1) is 9.70. The predicted molar refractivity (Wildman–Crippen MR) is 78.9 cm³/mol. The number of rotatable bonds is 7. The molecule has 1 aromatic carbocycles. The van der Waals surface area contributed by atoms with Crippen LogP contribution in [0.5, 0.6) is 5.75 Å². The summed E-state index contributed by atoms with van der Waals surface area (Å²) in [4.78, 5) is 4.34. The van der Waals surface area contributed by atoms with Gasteiger partial charge in [0.1, 0.15) is 24.5 Å². The predicted octanol–water partition coefficient (Wildman–Crippen LogP) is 2.07. The number of likely N-dealkylation sites (N-methyl/N-ethyl adjacent to an activating group) is 1. The lowest BCUT2D eigenvalue weighted by molar-refractivity contribution is 0.266. The summed E-state index contributed by atoms with van der Waals surface area (Å²) < 4.78 is 7.74. The lowest BCUT2D eigenvalue weighted by atomic mass is 10.2. The van der Waals surface area contributed by atoms with E-state index in [1.165, 1.54) is 0 Å². The lowest BCUT2D eigenvalue weighted by Gasteiger charge is -2.18. The fourth-order valence-corrected chi connectivity index (χ4v) is 2.03. The molecule has 5 nitrogen and oxygen atoms in total. The topological polar surface area (TPSA) is 52.0 Å². The number of nitrogens with zero attached hydrogens (tertiary/aromatic N) is 3. The summed E-state index contributed by atoms with van der Waals surface area (Å²) in [7, 11) is 1.94. The van der Waals surface area contributed by atoms with Crippen LogP contribution < -0.4 is 10.1 Å². The highest BCUT2D eigenvalue weighted by Crippen LogP contribution is 2.11. The molecule has 0 saturated carbocycles. The summed E-state index contributed by atoms with van der Waals surface area (Å²) in [6.07, 6.45) is 2.40. The van der Waals surface area contributed by atoms with Gasteiger partial charge in [0.2, 0.25) is 0 Å². The third kappa shape index (κ3) is 3.81. The van der Waals surface area contributed by atoms with Crippen LogP contribution >= 0.6 is 0 Å². The first-order valence-electron chi connectivity index (χ1n) is 6.94. The second kappa shape index (κ2) is 7.05. The molecule has 1 N–H and O–H groups in total. The highest BCUT2D eigenvalue weighted by Gasteiger charge is 2.14. The van der Waals surface area contributed by atoms with Gasteiger partial charge in [0.05, 0.1) is 0 Å². The van der Waals surface area contributed by atoms with E-state index in [1.54, 1.807) is 6.33 Å². The Morgan fingerprint density at radius 3 is 2.65 bits per heavy atom. The van der Waals surface area contributed by atoms with Crippen molar-refractivity contribution >= 4 is 0 Å². The van der Waals surface area contributed by atoms with Crippen molar-refractivity contribution in [2.24, 2.45) is 0 Å². The molecule has 2 aromatic rings. The van der Waals surface area contributed by atoms with E-state index in [-0.39, 0.29) is 6.04 Å². The summed E-state index contributed by atoms with van der Waals surface area (Å²) in [6.45, 7) is 4.81. The standard InChI is InChI=1S/C15H22N4O/c1-12(2)19-15(17-11-18-19)9-13(16-3)10-20-14-7-5-4-6-8-14/h4-8,11-13,16H,9-10H2,1-3H3. The van der Waals surface area contributed by atoms with Crippen LogP contribution in [0.4, 0.5) is 0 Å². The van der Waals surface area contributed by atoms with Gasteiger partial charge in [-0.3, -0.25) is 0 Å². The smallest absolute Gasteiger partial charge is 0.138 e. The fourth-order valence-electron chi connectivity index (χ4n) is 2.03. The monoisotopic (exact) mass is 274 g/mol. The molecule has 0 amide bonds. The molecule has 20 heavy (non-hydrogen) atoms. The second-order valence-electron chi connectivity index (χ2n) is 5.03. The molecule has 0 fully saturated rings. The third-order valence-corrected chi connectivity index (χ3v) is 3.17. The van der Waals surface area contributed by atoms with Crippen molar-refractivity contribution in [2.45, 2.75) is 32.4 Å². The molecule has 1 aromatic heterocycles. The molecule has 0 spiro atoms. The Balaban J connectivity index is 1.93. The maximum absolute atomic E-state index is 5.79. The van der Waals surface area contributed by atoms with Crippen LogP contribution in [0.1, 0.15) is 25.7 Å². The zero-order valence-corrected chi connectivity index (χ0v) is 12.3. The maximum Gasteiger partial charge on any atom is 0.138 e. The molecular formula is C15H22N4O. The van der Waals surface area contributed by atoms with Crippen LogP contribution in [0.2, 0.25) is 0 Å². The van der Waals surface area contributed by atoms with Gasteiger partial charge in [-0.1, -0.05) is 18.2 Å². The first-order valence-corrected chi connectivity index (χ1v) is 6.94. The van der Waals surface area contributed by atoms with E-state index in [9.17, 15) is 0 Å². The second-order valence-corrected chi connectivity index (χ2v) is 5.03. The van der Waals surface area contributed by atoms with E-state index in [0.717, 1.165) is 18.0 Å². The fraction of sp³-hybridized carbons (Fsp3) is 0.467. The Labute approximate surface area is 120 Å². The van der Waals surface area contributed by atoms with Crippen molar-refractivity contribution in [3.8, 4) is 5.75 Å². The molecular weight excluding hydrogens is 252 g/mol. The molecule has 5 heteroatoms. The molecule has 108 valence electrons. The summed E-state index contributed by atoms with van der Waals surface area (Å²) in [5, 5.41) is 7.53. The van der Waals surface area contributed by atoms with Crippen LogP contribution in [-0.4, -0.2) is 34.5 Å². The van der Waals surface area contributed by atoms with E-state index in [0.29, 0.717) is 12.6 Å². The Morgan fingerprint density at radius 2 is 2.00 bits per heavy atom. The first kappa shape index (κ1) is 14.5. The zero-order chi connectivity index (χ0) is 14.4. The Bertz CT molecular complexity index is 510. The summed E-state index contributed by atoms with van der Waals surface area (Å²) in [6, 6.07) is 10.4. The van der Waals surface area contributed by atoms with Gasteiger partial charge in [-0.25, -0.2) is 9.67 Å². The Morgan fingerprint density at radius 1 is 1.25 bits per heavy atom. The van der Waals surface area contributed by atoms with Crippen LogP contribution in [0, 0.1) is 0 Å². The van der Waals surface area contributed by atoms with E-state index < -0.39 is 0 Å². The van der Waals surface area contributed by atoms with E-state index in [4.69, 9.17) is 4.74 Å². The SMILES string of the molecule is CNC(COc1ccccc1)Cc1ncnn1C(C)C. The lowest BCUT2D eigenvalue weighted by Crippen LogP contribution is -2.35. The number of hydrogen-bond donors (Lipinski definition) is 1. The zero-order valence-electron chi connectivity index (χ0n) is 12.3. The summed E-state index contributed by atoms with van der Waals surface area (Å²) >= 11 is 0. The Hall–Kier alpha value is -1.88. The normalized spacial score (nSPS) is 12.6. The molecule has 1 atom stereocenters. The van der Waals surface area contributed by atoms with Gasteiger partial charge in [-0.05, 0) is 33.0 Å². The largest absolute Gasteiger partial charge is 0.492 e. The van der Waals surface area contributed by atoms with Crippen molar-refractivity contribution in [3.63, 3.8) is 0 Å². The molecule has 0 aliphatic heterocycles. The van der Waals surface area contributed by atoms with Gasteiger partial charge in [0.25, 0.3) is 0 Å². The molecule has 0 aliphatic carbocycles. The molecule has 0 saturated heterocycles. The van der Waals surface area contributed by atoms with Crippen LogP contribution in [0.3, 0.4) is 0 Å². The minimum absolute atomic E-state index is 0.205. The third-order valence-electron chi connectivity index (χ3n) is 3.17. The highest BCUT2D eigenvalue weighted by molar-refractivity contribution is 5.20. The van der Waals surface area contributed by atoms with E-state index >= 15 is 0 Å². The molecule has 2 rings (SSSR count). The number of para-hydroxylation sites is 1. The molecule has 0 radical (unpaired) electrons. The number of hydrogen-bond acceptors (Lipinski definition) is 4. The molecule has 0 bridgehead atoms. The van der Waals surface area contributed by atoms with Crippen LogP contribution in [-0.2, 0) is 6.42 Å². The van der Waals surface area contributed by atoms with Crippen LogP contribution in [0.15, 0.2) is 36.7 Å². The van der Waals surface area contributed by atoms with Crippen LogP contribution in [0.25, 0.3) is 0 Å². The Kier molecular flexibility index (Phi) is 5.12. The average molecular weight is 274 g/mol. The van der Waals surface area contributed by atoms with Crippen molar-refractivity contribution in [3.05, 3.63) is 42.5 Å². The van der Waals surface area contributed by atoms with Crippen molar-refractivity contribution in [1.29, 1.82) is 0 Å². The van der Waals surface area contributed by atoms with Crippen molar-refractivity contribution in [2.75, 3.05) is 13.7 Å². The summed E-state index contributed by atoms with van der Waals surface area (Å²) in [5.74, 6) is 1.87. The number of nitrogens with one attached hydrogen (secondary N) is 1. The maximum atomic E-state index is 5.79. The number of aromatic nitrogens is 3. The number of benzene rings is 1. The van der Waals surface area contributed by atoms with Gasteiger partial charge >= 0.3 is 0 Å². The van der Waals surface area contributed by atoms with Gasteiger partial charge in [0.15, 0.2) is 0 Å². The quantitative estimate of drug-likeness (QED) is 0.840. The molecule has 0 aliphatic rings. The van der Waals surface area contributed by atoms with Gasteiger partial charge in [0, 0.05) is 18.5 Å². The minimum Gasteiger partial charge on any atom is -0.492 e. The number of ether oxygens (including phenoxy) is 1.